The van der Waals surface area contributed by atoms with Crippen molar-refractivity contribution in [2.24, 2.45) is 0 Å². The number of hydrogen-bond acceptors (Lipinski definition) is 1. The summed E-state index contributed by atoms with van der Waals surface area (Å²) in [5.74, 6) is -0.199. The average Bonchev–Trinajstić information content (AvgIpc) is 2.21. The van der Waals surface area contributed by atoms with Crippen LogP contribution in [-0.4, -0.2) is 11.7 Å². The van der Waals surface area contributed by atoms with E-state index in [2.05, 4.69) is 15.9 Å². The van der Waals surface area contributed by atoms with Gasteiger partial charge in [0.15, 0.2) is 0 Å². The van der Waals surface area contributed by atoms with Crippen molar-refractivity contribution in [3.63, 3.8) is 0 Å². The molecule has 1 rings (SSSR count). The molecule has 0 amide bonds. The topological polar surface area (TPSA) is 20.2 Å². The van der Waals surface area contributed by atoms with Crippen LogP contribution in [0.15, 0.2) is 16.6 Å². The largest absolute Gasteiger partial charge is 0.395 e. The predicted octanol–water partition coefficient (Wildman–Crippen LogP) is 3.42. The zero-order valence-corrected chi connectivity index (χ0v) is 10.9. The van der Waals surface area contributed by atoms with E-state index in [4.69, 9.17) is 0 Å². The Morgan fingerprint density at radius 1 is 1.40 bits per heavy atom. The first kappa shape index (κ1) is 12.7. The molecule has 0 unspecified atom stereocenters. The van der Waals surface area contributed by atoms with Crippen molar-refractivity contribution < 1.29 is 9.50 Å². The molecule has 0 aliphatic heterocycles. The van der Waals surface area contributed by atoms with Gasteiger partial charge in [0.05, 0.1) is 11.1 Å². The summed E-state index contributed by atoms with van der Waals surface area (Å²) in [6.45, 7) is 5.84. The Labute approximate surface area is 98.4 Å². The van der Waals surface area contributed by atoms with Gasteiger partial charge in [-0.25, -0.2) is 4.39 Å². The number of aliphatic hydroxyl groups excluding tert-OH is 1. The molecule has 84 valence electrons. The molecule has 1 aromatic rings. The van der Waals surface area contributed by atoms with Crippen LogP contribution < -0.4 is 0 Å². The van der Waals surface area contributed by atoms with Gasteiger partial charge in [-0.1, -0.05) is 26.8 Å². The smallest absolute Gasteiger partial charge is 0.140 e. The first-order chi connectivity index (χ1) is 6.92. The molecule has 0 fully saturated rings. The Morgan fingerprint density at radius 2 is 2.00 bits per heavy atom. The van der Waals surface area contributed by atoms with Crippen LogP contribution in [0.25, 0.3) is 0 Å². The molecule has 1 N–H and O–H groups in total. The van der Waals surface area contributed by atoms with Gasteiger partial charge in [-0.05, 0) is 39.5 Å². The summed E-state index contributed by atoms with van der Waals surface area (Å²) in [5, 5.41) is 9.26. The van der Waals surface area contributed by atoms with Crippen molar-refractivity contribution in [1.29, 1.82) is 0 Å². The highest BCUT2D eigenvalue weighted by Crippen LogP contribution is 2.29. The molecule has 0 heterocycles. The van der Waals surface area contributed by atoms with Crippen LogP contribution >= 0.6 is 15.9 Å². The van der Waals surface area contributed by atoms with Crippen molar-refractivity contribution in [3.05, 3.63) is 33.5 Å². The standard InChI is InChI=1S/C12H16BrFO/c1-4-8-5-9(12(2,3)7-15)6-10(13)11(8)14/h5-6,15H,4,7H2,1-3H3. The minimum atomic E-state index is -0.333. The summed E-state index contributed by atoms with van der Waals surface area (Å²) in [6.07, 6.45) is 0.653. The third-order valence-corrected chi connectivity index (χ3v) is 3.24. The van der Waals surface area contributed by atoms with Crippen molar-refractivity contribution in [1.82, 2.24) is 0 Å². The quantitative estimate of drug-likeness (QED) is 0.896. The summed E-state index contributed by atoms with van der Waals surface area (Å²) in [4.78, 5) is 0. The molecule has 0 aliphatic carbocycles. The monoisotopic (exact) mass is 274 g/mol. The molecule has 0 saturated carbocycles. The molecule has 3 heteroatoms. The van der Waals surface area contributed by atoms with Crippen molar-refractivity contribution in [3.8, 4) is 0 Å². The Kier molecular flexibility index (Phi) is 3.90. The second-order valence-corrected chi connectivity index (χ2v) is 5.18. The lowest BCUT2D eigenvalue weighted by Crippen LogP contribution is -2.22. The van der Waals surface area contributed by atoms with Crippen molar-refractivity contribution in [2.45, 2.75) is 32.6 Å². The normalized spacial score (nSPS) is 11.9. The second-order valence-electron chi connectivity index (χ2n) is 4.33. The molecule has 1 nitrogen and oxygen atoms in total. The first-order valence-corrected chi connectivity index (χ1v) is 5.81. The van der Waals surface area contributed by atoms with E-state index in [1.54, 1.807) is 6.07 Å². The number of aryl methyl sites for hydroxylation is 1. The number of hydrogen-bond donors (Lipinski definition) is 1. The third kappa shape index (κ3) is 2.58. The number of aliphatic hydroxyl groups is 1. The van der Waals surface area contributed by atoms with Crippen LogP contribution in [0.2, 0.25) is 0 Å². The maximum Gasteiger partial charge on any atom is 0.140 e. The van der Waals surface area contributed by atoms with E-state index in [1.165, 1.54) is 0 Å². The summed E-state index contributed by atoms with van der Waals surface area (Å²) >= 11 is 3.20. The fraction of sp³-hybridized carbons (Fsp3) is 0.500. The number of halogens is 2. The van der Waals surface area contributed by atoms with Crippen LogP contribution in [-0.2, 0) is 11.8 Å². The SMILES string of the molecule is CCc1cc(C(C)(C)CO)cc(Br)c1F. The minimum absolute atomic E-state index is 0.0498. The van der Waals surface area contributed by atoms with Crippen LogP contribution in [0, 0.1) is 5.82 Å². The fourth-order valence-electron chi connectivity index (χ4n) is 1.39. The van der Waals surface area contributed by atoms with E-state index in [-0.39, 0.29) is 17.8 Å². The zero-order chi connectivity index (χ0) is 11.6. The summed E-state index contributed by atoms with van der Waals surface area (Å²) in [6, 6.07) is 3.57. The highest BCUT2D eigenvalue weighted by molar-refractivity contribution is 9.10. The lowest BCUT2D eigenvalue weighted by atomic mass is 9.84. The zero-order valence-electron chi connectivity index (χ0n) is 9.27. The van der Waals surface area contributed by atoms with Crippen LogP contribution in [0.1, 0.15) is 31.9 Å². The second kappa shape index (κ2) is 4.62. The Balaban J connectivity index is 3.28. The van der Waals surface area contributed by atoms with Crippen molar-refractivity contribution >= 4 is 15.9 Å². The third-order valence-electron chi connectivity index (χ3n) is 2.66. The van der Waals surface area contributed by atoms with E-state index >= 15 is 0 Å². The predicted molar refractivity (Wildman–Crippen MR) is 63.6 cm³/mol. The van der Waals surface area contributed by atoms with Gasteiger partial charge in [-0.2, -0.15) is 0 Å². The lowest BCUT2D eigenvalue weighted by Gasteiger charge is -2.23. The molecule has 0 spiro atoms. The molecule has 0 radical (unpaired) electrons. The van der Waals surface area contributed by atoms with E-state index in [1.807, 2.05) is 26.8 Å². The molecular formula is C12H16BrFO. The number of rotatable bonds is 3. The maximum absolute atomic E-state index is 13.6. The Morgan fingerprint density at radius 3 is 2.47 bits per heavy atom. The molecular weight excluding hydrogens is 259 g/mol. The van der Waals surface area contributed by atoms with Crippen LogP contribution in [0.5, 0.6) is 0 Å². The van der Waals surface area contributed by atoms with E-state index in [0.717, 1.165) is 5.56 Å². The molecule has 0 aliphatic rings. The van der Waals surface area contributed by atoms with Crippen molar-refractivity contribution in [2.75, 3.05) is 6.61 Å². The van der Waals surface area contributed by atoms with Gasteiger partial charge in [0, 0.05) is 5.41 Å². The average molecular weight is 275 g/mol. The molecule has 0 bridgehead atoms. The summed E-state index contributed by atoms with van der Waals surface area (Å²) < 4.78 is 14.0. The fourth-order valence-corrected chi connectivity index (χ4v) is 1.89. The molecule has 0 aromatic heterocycles. The van der Waals surface area contributed by atoms with Gasteiger partial charge in [-0.15, -0.1) is 0 Å². The molecule has 15 heavy (non-hydrogen) atoms. The maximum atomic E-state index is 13.6. The Hall–Kier alpha value is -0.410. The van der Waals surface area contributed by atoms with Gasteiger partial charge in [-0.3, -0.25) is 0 Å². The molecule has 0 atom stereocenters. The summed E-state index contributed by atoms with van der Waals surface area (Å²) in [5.41, 5.74) is 1.30. The van der Waals surface area contributed by atoms with Crippen LogP contribution in [0.3, 0.4) is 0 Å². The number of benzene rings is 1. The minimum Gasteiger partial charge on any atom is -0.395 e. The molecule has 1 aromatic carbocycles. The van der Waals surface area contributed by atoms with Crippen LogP contribution in [0.4, 0.5) is 4.39 Å². The molecule has 0 saturated heterocycles. The van der Waals surface area contributed by atoms with E-state index in [9.17, 15) is 9.50 Å². The van der Waals surface area contributed by atoms with Gasteiger partial charge in [0.2, 0.25) is 0 Å². The van der Waals surface area contributed by atoms with Gasteiger partial charge < -0.3 is 5.11 Å². The van der Waals surface area contributed by atoms with E-state index < -0.39 is 0 Å². The first-order valence-electron chi connectivity index (χ1n) is 5.01. The van der Waals surface area contributed by atoms with Gasteiger partial charge in [0.1, 0.15) is 5.82 Å². The lowest BCUT2D eigenvalue weighted by molar-refractivity contribution is 0.218. The van der Waals surface area contributed by atoms with Gasteiger partial charge >= 0.3 is 0 Å². The highest BCUT2D eigenvalue weighted by Gasteiger charge is 2.21. The summed E-state index contributed by atoms with van der Waals surface area (Å²) in [7, 11) is 0. The van der Waals surface area contributed by atoms with E-state index in [0.29, 0.717) is 16.5 Å². The highest BCUT2D eigenvalue weighted by atomic mass is 79.9. The Bertz CT molecular complexity index is 361. The van der Waals surface area contributed by atoms with Gasteiger partial charge in [0.25, 0.3) is 0 Å².